The van der Waals surface area contributed by atoms with E-state index in [-0.39, 0.29) is 87.7 Å². The highest BCUT2D eigenvalue weighted by atomic mass is 35.5. The van der Waals surface area contributed by atoms with E-state index in [1.807, 2.05) is 4.57 Å². The highest BCUT2D eigenvalue weighted by Gasteiger charge is 2.29. The Morgan fingerprint density at radius 2 is 1.20 bits per heavy atom. The highest BCUT2D eigenvalue weighted by molar-refractivity contribution is 6.35. The fourth-order valence-corrected chi connectivity index (χ4v) is 7.05. The minimum absolute atomic E-state index is 0.00996. The van der Waals surface area contributed by atoms with Gasteiger partial charge in [0, 0.05) is 18.7 Å². The maximum atomic E-state index is 13.3. The third-order valence-corrected chi connectivity index (χ3v) is 9.59. The molecule has 8 rings (SSSR count). The Labute approximate surface area is 317 Å². The van der Waals surface area contributed by atoms with Crippen LogP contribution in [-0.2, 0) is 22.6 Å². The van der Waals surface area contributed by atoms with E-state index in [9.17, 15) is 19.2 Å². The molecule has 0 aliphatic carbocycles. The van der Waals surface area contributed by atoms with Crippen LogP contribution < -0.4 is 30.4 Å². The van der Waals surface area contributed by atoms with Gasteiger partial charge in [-0.2, -0.15) is 0 Å². The van der Waals surface area contributed by atoms with Crippen LogP contribution in [0.15, 0.2) is 54.6 Å². The molecule has 0 unspecified atom stereocenters. The van der Waals surface area contributed by atoms with E-state index in [2.05, 4.69) is 0 Å². The number of rotatable bonds is 6. The minimum Gasteiger partial charge on any atom is -0.494 e. The first-order chi connectivity index (χ1) is 26.5. The summed E-state index contributed by atoms with van der Waals surface area (Å²) in [6.45, 7) is 0.279. The molecule has 0 saturated carbocycles. The Hall–Kier alpha value is -6.81. The van der Waals surface area contributed by atoms with Crippen LogP contribution in [-0.4, -0.2) is 84.5 Å². The summed E-state index contributed by atoms with van der Waals surface area (Å²) >= 11 is 7.08. The molecule has 4 N–H and O–H groups in total. The van der Waals surface area contributed by atoms with Crippen molar-refractivity contribution in [2.45, 2.75) is 13.1 Å². The second-order valence-corrected chi connectivity index (χ2v) is 12.5. The largest absolute Gasteiger partial charge is 0.494 e. The molecule has 2 aliphatic rings. The number of ether oxygens (including phenoxy) is 6. The first-order valence-corrected chi connectivity index (χ1v) is 17.0. The molecule has 2 amide bonds. The number of imidazole rings is 2. The molecule has 4 heterocycles. The van der Waals surface area contributed by atoms with Crippen molar-refractivity contribution in [2.75, 3.05) is 41.7 Å². The summed E-state index contributed by atoms with van der Waals surface area (Å²) in [5.74, 6) is -1.51. The van der Waals surface area contributed by atoms with Crippen molar-refractivity contribution < 1.29 is 47.6 Å². The van der Waals surface area contributed by atoms with Crippen LogP contribution >= 0.6 is 11.6 Å². The fraction of sp³-hybridized carbons (Fsp3) is 0.211. The average molecular weight is 769 g/mol. The van der Waals surface area contributed by atoms with Crippen molar-refractivity contribution in [2.24, 2.45) is 11.5 Å². The lowest BCUT2D eigenvalue weighted by Gasteiger charge is -2.17. The van der Waals surface area contributed by atoms with Crippen LogP contribution in [0.5, 0.6) is 23.0 Å². The lowest BCUT2D eigenvalue weighted by atomic mass is 10.1. The first-order valence-electron chi connectivity index (χ1n) is 16.7. The van der Waals surface area contributed by atoms with E-state index in [0.717, 1.165) is 0 Å². The number of fused-ring (bicyclic) bond motifs is 8. The van der Waals surface area contributed by atoms with Crippen LogP contribution in [0.25, 0.3) is 44.8 Å². The molecule has 55 heavy (non-hydrogen) atoms. The second-order valence-electron chi connectivity index (χ2n) is 12.1. The molecule has 16 nitrogen and oxygen atoms in total. The van der Waals surface area contributed by atoms with Gasteiger partial charge in [-0.1, -0.05) is 11.6 Å². The monoisotopic (exact) mass is 768 g/mol. The number of aromatic nitrogens is 4. The Morgan fingerprint density at radius 1 is 0.673 bits per heavy atom. The highest BCUT2D eigenvalue weighted by Crippen LogP contribution is 2.42. The smallest absolute Gasteiger partial charge is 0.338 e. The van der Waals surface area contributed by atoms with Crippen molar-refractivity contribution in [3.63, 3.8) is 0 Å². The van der Waals surface area contributed by atoms with Gasteiger partial charge < -0.3 is 49.0 Å². The molecule has 282 valence electrons. The molecular formula is C38H33ClN6O10. The number of esters is 2. The van der Waals surface area contributed by atoms with E-state index < -0.39 is 23.8 Å². The fourth-order valence-electron chi connectivity index (χ4n) is 6.75. The molecule has 0 spiro atoms. The van der Waals surface area contributed by atoms with E-state index in [1.165, 1.54) is 58.8 Å². The van der Waals surface area contributed by atoms with Gasteiger partial charge in [-0.05, 0) is 54.6 Å². The molecule has 0 radical (unpaired) electrons. The van der Waals surface area contributed by atoms with Crippen molar-refractivity contribution in [3.05, 3.63) is 81.9 Å². The molecule has 0 fully saturated rings. The zero-order valence-electron chi connectivity index (χ0n) is 29.9. The van der Waals surface area contributed by atoms with E-state index in [1.54, 1.807) is 28.8 Å². The molecule has 0 atom stereocenters. The lowest BCUT2D eigenvalue weighted by Crippen LogP contribution is -2.14. The quantitative estimate of drug-likeness (QED) is 0.222. The number of carbonyl (C=O) groups excluding carboxylic acids is 4. The number of nitrogens with two attached hydrogens (primary N) is 2. The second kappa shape index (κ2) is 14.5. The SMILES string of the molecule is COC(=O)c1cc2ccc1-c1nc3c(OC)c(C(N)=O)ccc3n1CCn1c(nc3c(OC)c(C(N)=O)ccc31)-c1c(C(=O)OC)ccc(c1Cl)OCCO2. The summed E-state index contributed by atoms with van der Waals surface area (Å²) in [4.78, 5) is 61.4. The van der Waals surface area contributed by atoms with Gasteiger partial charge in [-0.25, -0.2) is 19.6 Å². The number of methoxy groups -OCH3 is 4. The van der Waals surface area contributed by atoms with Crippen LogP contribution in [0.1, 0.15) is 41.4 Å². The average Bonchev–Trinajstić information content (AvgIpc) is 3.74. The molecular weight excluding hydrogens is 736 g/mol. The predicted octanol–water partition coefficient (Wildman–Crippen LogP) is 4.63. The lowest BCUT2D eigenvalue weighted by molar-refractivity contribution is 0.0592. The van der Waals surface area contributed by atoms with Crippen LogP contribution in [0.4, 0.5) is 0 Å². The van der Waals surface area contributed by atoms with Gasteiger partial charge in [0.1, 0.15) is 47.4 Å². The number of primary amides is 2. The molecule has 0 saturated heterocycles. The molecule has 2 aliphatic heterocycles. The van der Waals surface area contributed by atoms with Gasteiger partial charge in [-0.15, -0.1) is 0 Å². The molecule has 4 aromatic carbocycles. The summed E-state index contributed by atoms with van der Waals surface area (Å²) in [7, 11) is 5.29. The Balaban J connectivity index is 1.57. The van der Waals surface area contributed by atoms with Crippen LogP contribution in [0.3, 0.4) is 0 Å². The normalized spacial score (nSPS) is 12.5. The number of halogens is 1. The zero-order chi connectivity index (χ0) is 39.1. The summed E-state index contributed by atoms with van der Waals surface area (Å²) < 4.78 is 37.3. The number of amides is 2. The van der Waals surface area contributed by atoms with Crippen LogP contribution in [0.2, 0.25) is 5.02 Å². The Kier molecular flexibility index (Phi) is 9.67. The van der Waals surface area contributed by atoms with E-state index in [4.69, 9.17) is 61.5 Å². The van der Waals surface area contributed by atoms with Crippen LogP contribution in [0, 0.1) is 0 Å². The third-order valence-electron chi connectivity index (χ3n) is 9.22. The van der Waals surface area contributed by atoms with Gasteiger partial charge in [-0.3, -0.25) is 9.59 Å². The van der Waals surface area contributed by atoms with Gasteiger partial charge in [0.05, 0.1) is 72.3 Å². The van der Waals surface area contributed by atoms with E-state index >= 15 is 0 Å². The van der Waals surface area contributed by atoms with Crippen molar-refractivity contribution in [1.29, 1.82) is 0 Å². The van der Waals surface area contributed by atoms with Gasteiger partial charge in [0.25, 0.3) is 11.8 Å². The number of carbonyl (C=O) groups is 4. The maximum Gasteiger partial charge on any atom is 0.338 e. The molecule has 2 aromatic heterocycles. The van der Waals surface area contributed by atoms with E-state index in [0.29, 0.717) is 33.7 Å². The summed E-state index contributed by atoms with van der Waals surface area (Å²) in [6.07, 6.45) is 0. The van der Waals surface area contributed by atoms with Crippen molar-refractivity contribution in [3.8, 4) is 45.8 Å². The standard InChI is InChI=1S/C38H33ClN6O10/c1-50-31-21(33(40)46)7-10-24-29(31)42-35-19-6-5-18(17-23(19)38(49)53-4)54-15-16-55-26-12-9-20(37(48)52-3)27(28(26)39)36-43-30-25(45(36)14-13-44(24)35)11-8-22(34(41)47)32(30)51-2/h5-12,17H,13-16H2,1-4H3,(H2,40,46)(H2,41,47). The zero-order valence-corrected chi connectivity index (χ0v) is 30.7. The third kappa shape index (κ3) is 6.15. The summed E-state index contributed by atoms with van der Waals surface area (Å²) in [5, 5.41) is 0.0484. The maximum absolute atomic E-state index is 13.3. The molecule has 6 aromatic rings. The topological polar surface area (TPSA) is 211 Å². The number of hydrogen-bond acceptors (Lipinski definition) is 12. The number of benzene rings is 4. The minimum atomic E-state index is -0.742. The van der Waals surface area contributed by atoms with Crippen molar-refractivity contribution in [1.82, 2.24) is 19.1 Å². The van der Waals surface area contributed by atoms with Gasteiger partial charge in [0.2, 0.25) is 0 Å². The molecule has 4 bridgehead atoms. The Bertz CT molecular complexity index is 2580. The van der Waals surface area contributed by atoms with Gasteiger partial charge >= 0.3 is 11.9 Å². The predicted molar refractivity (Wildman–Crippen MR) is 199 cm³/mol. The van der Waals surface area contributed by atoms with Crippen molar-refractivity contribution >= 4 is 57.4 Å². The Morgan fingerprint density at radius 3 is 1.76 bits per heavy atom. The summed E-state index contributed by atoms with van der Waals surface area (Å²) in [5.41, 5.74) is 13.9. The number of aryl methyl sites for hydroxylation is 2. The molecule has 17 heteroatoms. The first kappa shape index (κ1) is 36.5. The van der Waals surface area contributed by atoms with Gasteiger partial charge in [0.15, 0.2) is 11.5 Å². The number of nitrogens with zero attached hydrogens (tertiary/aromatic N) is 4. The summed E-state index contributed by atoms with van der Waals surface area (Å²) in [6, 6.07) is 14.3. The number of hydrogen-bond donors (Lipinski definition) is 2.